The second kappa shape index (κ2) is 8.88. The van der Waals surface area contributed by atoms with Gasteiger partial charge in [0.15, 0.2) is 0 Å². The van der Waals surface area contributed by atoms with Crippen LogP contribution >= 0.6 is 11.3 Å². The van der Waals surface area contributed by atoms with Gasteiger partial charge < -0.3 is 15.1 Å². The zero-order valence-corrected chi connectivity index (χ0v) is 18.4. The fourth-order valence-corrected chi connectivity index (χ4v) is 5.13. The summed E-state index contributed by atoms with van der Waals surface area (Å²) in [5, 5.41) is 7.06. The van der Waals surface area contributed by atoms with Crippen molar-refractivity contribution in [2.24, 2.45) is 0 Å². The monoisotopic (exact) mass is 422 g/mol. The van der Waals surface area contributed by atoms with E-state index in [2.05, 4.69) is 68.8 Å². The maximum absolute atomic E-state index is 4.98. The molecule has 5 rings (SSSR count). The van der Waals surface area contributed by atoms with Gasteiger partial charge in [0.05, 0.1) is 5.39 Å². The Morgan fingerprint density at radius 3 is 2.50 bits per heavy atom. The van der Waals surface area contributed by atoms with Crippen LogP contribution in [0.5, 0.6) is 0 Å². The van der Waals surface area contributed by atoms with E-state index in [1.54, 1.807) is 11.3 Å². The SMILES string of the molecule is CN1CCN(c2nc(NC3CCN(Cc4ccccc4)CC3)c3ccsc3n2)CC1. The van der Waals surface area contributed by atoms with Crippen molar-refractivity contribution in [2.45, 2.75) is 25.4 Å². The lowest BCUT2D eigenvalue weighted by molar-refractivity contribution is 0.211. The molecule has 6 nitrogen and oxygen atoms in total. The van der Waals surface area contributed by atoms with Crippen molar-refractivity contribution in [3.63, 3.8) is 0 Å². The van der Waals surface area contributed by atoms with E-state index in [-0.39, 0.29) is 0 Å². The molecule has 30 heavy (non-hydrogen) atoms. The molecule has 158 valence electrons. The van der Waals surface area contributed by atoms with Crippen LogP contribution in [-0.2, 0) is 6.54 Å². The second-order valence-corrected chi connectivity index (χ2v) is 9.38. The van der Waals surface area contributed by atoms with Crippen molar-refractivity contribution in [3.05, 3.63) is 47.3 Å². The van der Waals surface area contributed by atoms with Crippen molar-refractivity contribution in [1.82, 2.24) is 19.8 Å². The second-order valence-electron chi connectivity index (χ2n) is 8.48. The standard InChI is InChI=1S/C23H30N6S/c1-27-12-14-29(15-13-27)23-25-21(20-9-16-30-22(20)26-23)24-19-7-10-28(11-8-19)17-18-5-3-2-4-6-18/h2-6,9,16,19H,7-8,10-15,17H2,1H3,(H,24,25,26). The molecule has 1 aromatic carbocycles. The van der Waals surface area contributed by atoms with Crippen molar-refractivity contribution in [2.75, 3.05) is 56.5 Å². The molecule has 3 aromatic rings. The van der Waals surface area contributed by atoms with E-state index in [4.69, 9.17) is 9.97 Å². The summed E-state index contributed by atoms with van der Waals surface area (Å²) in [5.74, 6) is 1.89. The van der Waals surface area contributed by atoms with Crippen LogP contribution in [0.1, 0.15) is 18.4 Å². The zero-order valence-electron chi connectivity index (χ0n) is 17.6. The van der Waals surface area contributed by atoms with Crippen LogP contribution in [0.3, 0.4) is 0 Å². The lowest BCUT2D eigenvalue weighted by Gasteiger charge is -2.34. The quantitative estimate of drug-likeness (QED) is 0.679. The molecule has 0 unspecified atom stereocenters. The third-order valence-corrected chi connectivity index (χ3v) is 7.08. The van der Waals surface area contributed by atoms with Crippen molar-refractivity contribution in [3.8, 4) is 0 Å². The molecule has 0 radical (unpaired) electrons. The Bertz CT molecular complexity index is 958. The van der Waals surface area contributed by atoms with Gasteiger partial charge in [-0.1, -0.05) is 30.3 Å². The number of benzene rings is 1. The maximum Gasteiger partial charge on any atom is 0.228 e. The third-order valence-electron chi connectivity index (χ3n) is 6.28. The number of likely N-dealkylation sites (N-methyl/N-ethyl adjacent to an activating group) is 1. The topological polar surface area (TPSA) is 47.5 Å². The number of aromatic nitrogens is 2. The molecular weight excluding hydrogens is 392 g/mol. The normalized spacial score (nSPS) is 19.4. The summed E-state index contributed by atoms with van der Waals surface area (Å²) in [6.45, 7) is 7.40. The van der Waals surface area contributed by atoms with Crippen molar-refractivity contribution >= 4 is 33.3 Å². The van der Waals surface area contributed by atoms with Gasteiger partial charge in [-0.3, -0.25) is 4.90 Å². The Balaban J connectivity index is 1.26. The van der Waals surface area contributed by atoms with Crippen LogP contribution in [0.4, 0.5) is 11.8 Å². The number of thiophene rings is 1. The number of anilines is 2. The molecule has 0 amide bonds. The van der Waals surface area contributed by atoms with Gasteiger partial charge in [-0.2, -0.15) is 4.98 Å². The van der Waals surface area contributed by atoms with Gasteiger partial charge in [0, 0.05) is 51.9 Å². The summed E-state index contributed by atoms with van der Waals surface area (Å²) in [5.41, 5.74) is 1.40. The van der Waals surface area contributed by atoms with E-state index >= 15 is 0 Å². The number of hydrogen-bond donors (Lipinski definition) is 1. The molecule has 2 fully saturated rings. The molecule has 2 aliphatic heterocycles. The van der Waals surface area contributed by atoms with Crippen LogP contribution in [0.2, 0.25) is 0 Å². The molecule has 7 heteroatoms. The van der Waals surface area contributed by atoms with E-state index in [0.717, 1.165) is 80.6 Å². The lowest BCUT2D eigenvalue weighted by atomic mass is 10.0. The van der Waals surface area contributed by atoms with Gasteiger partial charge in [0.1, 0.15) is 10.6 Å². The van der Waals surface area contributed by atoms with Crippen LogP contribution in [0.25, 0.3) is 10.2 Å². The molecule has 4 heterocycles. The lowest BCUT2D eigenvalue weighted by Crippen LogP contribution is -2.45. The molecule has 0 aliphatic carbocycles. The minimum Gasteiger partial charge on any atom is -0.367 e. The predicted molar refractivity (Wildman–Crippen MR) is 125 cm³/mol. The van der Waals surface area contributed by atoms with Gasteiger partial charge in [-0.25, -0.2) is 4.98 Å². The first-order valence-electron chi connectivity index (χ1n) is 11.0. The van der Waals surface area contributed by atoms with Crippen LogP contribution < -0.4 is 10.2 Å². The Morgan fingerprint density at radius 1 is 0.967 bits per heavy atom. The smallest absolute Gasteiger partial charge is 0.228 e. The molecule has 0 saturated carbocycles. The highest BCUT2D eigenvalue weighted by Crippen LogP contribution is 2.29. The van der Waals surface area contributed by atoms with Crippen molar-refractivity contribution < 1.29 is 0 Å². The van der Waals surface area contributed by atoms with Gasteiger partial charge >= 0.3 is 0 Å². The Morgan fingerprint density at radius 2 is 1.73 bits per heavy atom. The summed E-state index contributed by atoms with van der Waals surface area (Å²) < 4.78 is 0. The molecular formula is C23H30N6S. The Labute approximate surface area is 182 Å². The molecule has 2 aromatic heterocycles. The number of piperidine rings is 1. The number of nitrogens with one attached hydrogen (secondary N) is 1. The fourth-order valence-electron chi connectivity index (χ4n) is 4.37. The maximum atomic E-state index is 4.98. The molecule has 1 N–H and O–H groups in total. The Kier molecular flexibility index (Phi) is 5.84. The van der Waals surface area contributed by atoms with E-state index in [0.29, 0.717) is 6.04 Å². The number of hydrogen-bond acceptors (Lipinski definition) is 7. The minimum atomic E-state index is 0.468. The molecule has 2 aliphatic rings. The van der Waals surface area contributed by atoms with Crippen LogP contribution in [0, 0.1) is 0 Å². The summed E-state index contributed by atoms with van der Waals surface area (Å²) in [7, 11) is 2.18. The van der Waals surface area contributed by atoms with E-state index < -0.39 is 0 Å². The first-order valence-corrected chi connectivity index (χ1v) is 11.8. The zero-order chi connectivity index (χ0) is 20.3. The van der Waals surface area contributed by atoms with Crippen molar-refractivity contribution in [1.29, 1.82) is 0 Å². The van der Waals surface area contributed by atoms with Gasteiger partial charge in [0.25, 0.3) is 0 Å². The number of nitrogens with zero attached hydrogens (tertiary/aromatic N) is 5. The average molecular weight is 423 g/mol. The number of likely N-dealkylation sites (tertiary alicyclic amines) is 1. The third kappa shape index (κ3) is 4.43. The first-order chi connectivity index (χ1) is 14.7. The highest BCUT2D eigenvalue weighted by Gasteiger charge is 2.23. The number of rotatable bonds is 5. The number of fused-ring (bicyclic) bond motifs is 1. The predicted octanol–water partition coefficient (Wildman–Crippen LogP) is 3.52. The van der Waals surface area contributed by atoms with Gasteiger partial charge in [-0.15, -0.1) is 11.3 Å². The van der Waals surface area contributed by atoms with E-state index in [1.165, 1.54) is 5.56 Å². The molecule has 0 atom stereocenters. The molecule has 0 spiro atoms. The summed E-state index contributed by atoms with van der Waals surface area (Å²) in [4.78, 5) is 18.2. The summed E-state index contributed by atoms with van der Waals surface area (Å²) in [6.07, 6.45) is 2.29. The Hall–Kier alpha value is -2.22. The molecule has 2 saturated heterocycles. The van der Waals surface area contributed by atoms with Crippen LogP contribution in [-0.4, -0.2) is 72.1 Å². The fraction of sp³-hybridized carbons (Fsp3) is 0.478. The van der Waals surface area contributed by atoms with Crippen LogP contribution in [0.15, 0.2) is 41.8 Å². The van der Waals surface area contributed by atoms with Gasteiger partial charge in [-0.05, 0) is 36.9 Å². The summed E-state index contributed by atoms with van der Waals surface area (Å²) >= 11 is 1.71. The average Bonchev–Trinajstić information content (AvgIpc) is 3.25. The summed E-state index contributed by atoms with van der Waals surface area (Å²) in [6, 6.07) is 13.4. The highest BCUT2D eigenvalue weighted by atomic mass is 32.1. The minimum absolute atomic E-state index is 0.468. The largest absolute Gasteiger partial charge is 0.367 e. The highest BCUT2D eigenvalue weighted by molar-refractivity contribution is 7.16. The molecule has 0 bridgehead atoms. The van der Waals surface area contributed by atoms with E-state index in [9.17, 15) is 0 Å². The number of piperazine rings is 1. The van der Waals surface area contributed by atoms with E-state index in [1.807, 2.05) is 0 Å². The first kappa shape index (κ1) is 19.7. The van der Waals surface area contributed by atoms with Gasteiger partial charge in [0.2, 0.25) is 5.95 Å².